The van der Waals surface area contributed by atoms with Crippen LogP contribution in [0.1, 0.15) is 17.2 Å². The average molecular weight is 275 g/mol. The number of benzene rings is 1. The summed E-state index contributed by atoms with van der Waals surface area (Å²) >= 11 is 0. The lowest BCUT2D eigenvalue weighted by molar-refractivity contribution is -0.127. The zero-order valence-electron chi connectivity index (χ0n) is 10.9. The first-order chi connectivity index (χ1) is 9.65. The number of aliphatic hydroxyl groups excluding tert-OH is 1. The third kappa shape index (κ3) is 2.39. The van der Waals surface area contributed by atoms with E-state index in [1.807, 2.05) is 24.3 Å². The molecular formula is C14H17N3O3. The molecule has 106 valence electrons. The maximum atomic E-state index is 12.2. The van der Waals surface area contributed by atoms with Gasteiger partial charge in [0.15, 0.2) is 0 Å². The number of hydrogen-bond donors (Lipinski definition) is 4. The minimum absolute atomic E-state index is 0.111. The molecule has 1 aliphatic heterocycles. The molecule has 3 atom stereocenters. The molecule has 6 heteroatoms. The molecule has 0 spiro atoms. The molecule has 1 unspecified atom stereocenters. The highest BCUT2D eigenvalue weighted by Crippen LogP contribution is 2.31. The molecule has 1 aromatic rings. The van der Waals surface area contributed by atoms with Gasteiger partial charge in [-0.25, -0.2) is 0 Å². The number of piperazine rings is 1. The van der Waals surface area contributed by atoms with E-state index in [1.54, 1.807) is 0 Å². The lowest BCUT2D eigenvalue weighted by Crippen LogP contribution is -2.58. The topological polar surface area (TPSA) is 90.5 Å². The van der Waals surface area contributed by atoms with E-state index < -0.39 is 12.1 Å². The van der Waals surface area contributed by atoms with Crippen LogP contribution in [0, 0.1) is 0 Å². The number of fused-ring (bicyclic) bond motifs is 1. The average Bonchev–Trinajstić information content (AvgIpc) is 2.76. The van der Waals surface area contributed by atoms with Crippen LogP contribution in [-0.2, 0) is 16.0 Å². The van der Waals surface area contributed by atoms with E-state index in [9.17, 15) is 14.7 Å². The Morgan fingerprint density at radius 1 is 1.35 bits per heavy atom. The second-order valence-corrected chi connectivity index (χ2v) is 5.19. The first kappa shape index (κ1) is 13.1. The van der Waals surface area contributed by atoms with E-state index in [4.69, 9.17) is 0 Å². The summed E-state index contributed by atoms with van der Waals surface area (Å²) in [7, 11) is 0. The minimum Gasteiger partial charge on any atom is -0.390 e. The SMILES string of the molecule is O=C1CNC(C(=O)N[C@@H]2c3ccccc3C[C@@H]2O)CN1. The standard InChI is InChI=1S/C14H17N3O3/c18-11-5-8-3-1-2-4-9(8)13(11)17-14(20)10-6-16-12(19)7-15-10/h1-4,10-11,13,15,18H,5-7H2,(H,16,19)(H,17,20)/t10?,11-,13+/m0/s1. The van der Waals surface area contributed by atoms with Crippen LogP contribution in [0.15, 0.2) is 24.3 Å². The first-order valence-corrected chi connectivity index (χ1v) is 6.71. The van der Waals surface area contributed by atoms with Crippen LogP contribution in [-0.4, -0.2) is 42.2 Å². The van der Waals surface area contributed by atoms with Crippen molar-refractivity contribution in [2.75, 3.05) is 13.1 Å². The number of rotatable bonds is 2. The monoisotopic (exact) mass is 275 g/mol. The fourth-order valence-corrected chi connectivity index (χ4v) is 2.75. The third-order valence-electron chi connectivity index (χ3n) is 3.83. The highest BCUT2D eigenvalue weighted by atomic mass is 16.3. The minimum atomic E-state index is -0.602. The Morgan fingerprint density at radius 2 is 2.15 bits per heavy atom. The van der Waals surface area contributed by atoms with Gasteiger partial charge in [-0.1, -0.05) is 24.3 Å². The van der Waals surface area contributed by atoms with Gasteiger partial charge in [-0.2, -0.15) is 0 Å². The van der Waals surface area contributed by atoms with Crippen LogP contribution in [0.5, 0.6) is 0 Å². The molecule has 1 saturated heterocycles. The Labute approximate surface area is 116 Å². The largest absolute Gasteiger partial charge is 0.390 e. The summed E-state index contributed by atoms with van der Waals surface area (Å²) in [6.07, 6.45) is -0.0507. The molecule has 1 heterocycles. The molecule has 0 bridgehead atoms. The Hall–Kier alpha value is -1.92. The second kappa shape index (κ2) is 5.22. The van der Waals surface area contributed by atoms with Gasteiger partial charge in [-0.15, -0.1) is 0 Å². The van der Waals surface area contributed by atoms with Gasteiger partial charge in [0.1, 0.15) is 6.04 Å². The number of hydrogen-bond acceptors (Lipinski definition) is 4. The van der Waals surface area contributed by atoms with Crippen LogP contribution >= 0.6 is 0 Å². The van der Waals surface area contributed by atoms with E-state index in [0.29, 0.717) is 6.42 Å². The molecule has 0 saturated carbocycles. The Morgan fingerprint density at radius 3 is 2.90 bits per heavy atom. The van der Waals surface area contributed by atoms with Gasteiger partial charge in [-0.3, -0.25) is 14.9 Å². The van der Waals surface area contributed by atoms with Crippen molar-refractivity contribution in [2.24, 2.45) is 0 Å². The summed E-state index contributed by atoms with van der Waals surface area (Å²) in [6.45, 7) is 0.414. The maximum Gasteiger partial charge on any atom is 0.239 e. The van der Waals surface area contributed by atoms with Crippen molar-refractivity contribution in [3.63, 3.8) is 0 Å². The molecule has 0 aromatic heterocycles. The van der Waals surface area contributed by atoms with Crippen molar-refractivity contribution in [3.05, 3.63) is 35.4 Å². The molecule has 3 rings (SSSR count). The highest BCUT2D eigenvalue weighted by molar-refractivity contribution is 5.87. The van der Waals surface area contributed by atoms with Gasteiger partial charge in [0.2, 0.25) is 11.8 Å². The lowest BCUT2D eigenvalue weighted by atomic mass is 10.1. The summed E-state index contributed by atoms with van der Waals surface area (Å²) in [6, 6.07) is 6.88. The smallest absolute Gasteiger partial charge is 0.239 e. The Balaban J connectivity index is 1.68. The summed E-state index contributed by atoms with van der Waals surface area (Å²) in [4.78, 5) is 23.2. The van der Waals surface area contributed by atoms with E-state index in [0.717, 1.165) is 11.1 Å². The summed E-state index contributed by atoms with van der Waals surface area (Å²) in [5.41, 5.74) is 2.03. The molecule has 2 amide bonds. The highest BCUT2D eigenvalue weighted by Gasteiger charge is 2.34. The number of amides is 2. The second-order valence-electron chi connectivity index (χ2n) is 5.19. The van der Waals surface area contributed by atoms with Crippen molar-refractivity contribution in [1.82, 2.24) is 16.0 Å². The Kier molecular flexibility index (Phi) is 3.42. The molecule has 2 aliphatic rings. The molecule has 1 aromatic carbocycles. The Bertz CT molecular complexity index is 536. The van der Waals surface area contributed by atoms with E-state index in [1.165, 1.54) is 0 Å². The molecule has 1 fully saturated rings. The van der Waals surface area contributed by atoms with E-state index in [2.05, 4.69) is 16.0 Å². The first-order valence-electron chi connectivity index (χ1n) is 6.71. The summed E-state index contributed by atoms with van der Waals surface area (Å²) < 4.78 is 0. The summed E-state index contributed by atoms with van der Waals surface area (Å²) in [5, 5.41) is 18.5. The van der Waals surface area contributed by atoms with Gasteiger partial charge in [0, 0.05) is 13.0 Å². The van der Waals surface area contributed by atoms with Crippen molar-refractivity contribution < 1.29 is 14.7 Å². The predicted molar refractivity (Wildman–Crippen MR) is 71.8 cm³/mol. The number of carbonyl (C=O) groups is 2. The molecule has 20 heavy (non-hydrogen) atoms. The molecular weight excluding hydrogens is 258 g/mol. The van der Waals surface area contributed by atoms with Crippen molar-refractivity contribution >= 4 is 11.8 Å². The zero-order chi connectivity index (χ0) is 14.1. The van der Waals surface area contributed by atoms with Crippen LogP contribution in [0.25, 0.3) is 0 Å². The molecule has 1 aliphatic carbocycles. The van der Waals surface area contributed by atoms with E-state index >= 15 is 0 Å². The third-order valence-corrected chi connectivity index (χ3v) is 3.83. The number of aliphatic hydroxyl groups is 1. The fraction of sp³-hybridized carbons (Fsp3) is 0.429. The van der Waals surface area contributed by atoms with Gasteiger partial charge in [0.05, 0.1) is 18.7 Å². The lowest BCUT2D eigenvalue weighted by Gasteiger charge is -2.26. The van der Waals surface area contributed by atoms with Crippen LogP contribution in [0.2, 0.25) is 0 Å². The van der Waals surface area contributed by atoms with Crippen LogP contribution < -0.4 is 16.0 Å². The van der Waals surface area contributed by atoms with Gasteiger partial charge < -0.3 is 15.7 Å². The molecule has 0 radical (unpaired) electrons. The fourth-order valence-electron chi connectivity index (χ4n) is 2.75. The van der Waals surface area contributed by atoms with Crippen molar-refractivity contribution in [3.8, 4) is 0 Å². The van der Waals surface area contributed by atoms with Crippen LogP contribution in [0.3, 0.4) is 0 Å². The molecule has 4 N–H and O–H groups in total. The quantitative estimate of drug-likeness (QED) is 0.548. The number of carbonyl (C=O) groups excluding carboxylic acids is 2. The normalized spacial score (nSPS) is 28.6. The van der Waals surface area contributed by atoms with Crippen molar-refractivity contribution in [1.29, 1.82) is 0 Å². The zero-order valence-corrected chi connectivity index (χ0v) is 10.9. The van der Waals surface area contributed by atoms with E-state index in [-0.39, 0.29) is 30.9 Å². The maximum absolute atomic E-state index is 12.2. The van der Waals surface area contributed by atoms with Crippen molar-refractivity contribution in [2.45, 2.75) is 24.6 Å². The number of nitrogens with one attached hydrogen (secondary N) is 3. The van der Waals surface area contributed by atoms with Gasteiger partial charge >= 0.3 is 0 Å². The predicted octanol–water partition coefficient (Wildman–Crippen LogP) is -1.15. The molecule has 6 nitrogen and oxygen atoms in total. The van der Waals surface area contributed by atoms with Crippen LogP contribution in [0.4, 0.5) is 0 Å². The van der Waals surface area contributed by atoms with Gasteiger partial charge in [-0.05, 0) is 11.1 Å². The van der Waals surface area contributed by atoms with Gasteiger partial charge in [0.25, 0.3) is 0 Å². The summed E-state index contributed by atoms with van der Waals surface area (Å²) in [5.74, 6) is -0.314.